The Labute approximate surface area is 196 Å². The number of carbonyl (C=O) groups is 1. The number of ether oxygens (including phenoxy) is 1. The first-order chi connectivity index (χ1) is 15.5. The van der Waals surface area contributed by atoms with Crippen LogP contribution < -0.4 is 15.4 Å². The van der Waals surface area contributed by atoms with E-state index in [1.54, 1.807) is 29.5 Å². The van der Waals surface area contributed by atoms with Crippen LogP contribution >= 0.6 is 23.6 Å². The van der Waals surface area contributed by atoms with E-state index < -0.39 is 0 Å². The first-order valence-electron chi connectivity index (χ1n) is 10.3. The van der Waals surface area contributed by atoms with Gasteiger partial charge in [0.15, 0.2) is 5.11 Å². The Morgan fingerprint density at radius 2 is 1.84 bits per heavy atom. The molecule has 1 aromatic heterocycles. The fourth-order valence-electron chi connectivity index (χ4n) is 3.08. The van der Waals surface area contributed by atoms with Crippen LogP contribution in [-0.4, -0.2) is 22.6 Å². The van der Waals surface area contributed by atoms with Crippen molar-refractivity contribution < 1.29 is 9.53 Å². The van der Waals surface area contributed by atoms with Gasteiger partial charge in [0.05, 0.1) is 22.5 Å². The Hall–Kier alpha value is -3.29. The Bertz CT molecular complexity index is 1230. The highest BCUT2D eigenvalue weighted by atomic mass is 32.1. The number of rotatable bonds is 6. The van der Waals surface area contributed by atoms with Crippen LogP contribution in [0.15, 0.2) is 72.8 Å². The van der Waals surface area contributed by atoms with Crippen LogP contribution in [-0.2, 0) is 0 Å². The number of thiocarbonyl (C=S) groups is 1. The first-order valence-corrected chi connectivity index (χ1v) is 11.5. The summed E-state index contributed by atoms with van der Waals surface area (Å²) in [5.41, 5.74) is 3.15. The number of amides is 1. The van der Waals surface area contributed by atoms with Gasteiger partial charge in [0.25, 0.3) is 5.91 Å². The molecule has 0 saturated heterocycles. The number of para-hydroxylation sites is 2. The molecule has 1 amide bonds. The zero-order chi connectivity index (χ0) is 22.5. The van der Waals surface area contributed by atoms with E-state index in [2.05, 4.69) is 30.5 Å². The number of aromatic nitrogens is 1. The second-order valence-corrected chi connectivity index (χ2v) is 9.11. The lowest BCUT2D eigenvalue weighted by molar-refractivity contribution is 0.0977. The number of thiazole rings is 1. The molecule has 0 bridgehead atoms. The molecule has 1 heterocycles. The van der Waals surface area contributed by atoms with E-state index in [-0.39, 0.29) is 11.0 Å². The minimum atomic E-state index is -0.296. The van der Waals surface area contributed by atoms with Gasteiger partial charge < -0.3 is 10.1 Å². The number of hydrogen-bond donors (Lipinski definition) is 2. The van der Waals surface area contributed by atoms with Gasteiger partial charge in [-0.05, 0) is 60.6 Å². The summed E-state index contributed by atoms with van der Waals surface area (Å²) in [6.07, 6.45) is 0. The molecule has 0 aliphatic rings. The molecule has 4 aromatic rings. The van der Waals surface area contributed by atoms with E-state index in [1.807, 2.05) is 48.5 Å². The summed E-state index contributed by atoms with van der Waals surface area (Å²) in [7, 11) is 0. The molecule has 0 saturated carbocycles. The Kier molecular flexibility index (Phi) is 6.78. The third-order valence-electron chi connectivity index (χ3n) is 4.61. The summed E-state index contributed by atoms with van der Waals surface area (Å²) >= 11 is 7.03. The van der Waals surface area contributed by atoms with Crippen molar-refractivity contribution in [3.8, 4) is 16.3 Å². The predicted octanol–water partition coefficient (Wildman–Crippen LogP) is 6.12. The van der Waals surface area contributed by atoms with Crippen molar-refractivity contribution >= 4 is 50.5 Å². The molecular weight excluding hydrogens is 438 g/mol. The molecule has 0 fully saturated rings. The van der Waals surface area contributed by atoms with Gasteiger partial charge in [-0.25, -0.2) is 4.98 Å². The van der Waals surface area contributed by atoms with E-state index in [0.29, 0.717) is 23.8 Å². The number of nitrogens with one attached hydrogen (secondary N) is 2. The van der Waals surface area contributed by atoms with Gasteiger partial charge in [-0.1, -0.05) is 44.2 Å². The highest BCUT2D eigenvalue weighted by molar-refractivity contribution is 7.80. The Balaban J connectivity index is 1.47. The minimum absolute atomic E-state index is 0.220. The summed E-state index contributed by atoms with van der Waals surface area (Å²) in [5.74, 6) is 0.765. The molecule has 32 heavy (non-hydrogen) atoms. The minimum Gasteiger partial charge on any atom is -0.493 e. The monoisotopic (exact) mass is 461 g/mol. The summed E-state index contributed by atoms with van der Waals surface area (Å²) in [6.45, 7) is 4.74. The second kappa shape index (κ2) is 9.89. The predicted molar refractivity (Wildman–Crippen MR) is 136 cm³/mol. The second-order valence-electron chi connectivity index (χ2n) is 7.67. The summed E-state index contributed by atoms with van der Waals surface area (Å²) in [4.78, 5) is 17.4. The van der Waals surface area contributed by atoms with E-state index in [9.17, 15) is 4.79 Å². The van der Waals surface area contributed by atoms with Gasteiger partial charge in [-0.15, -0.1) is 11.3 Å². The molecule has 0 atom stereocenters. The van der Waals surface area contributed by atoms with Crippen LogP contribution in [0.3, 0.4) is 0 Å². The van der Waals surface area contributed by atoms with E-state index in [1.165, 1.54) is 0 Å². The van der Waals surface area contributed by atoms with Gasteiger partial charge in [-0.3, -0.25) is 10.1 Å². The number of nitrogens with zero attached hydrogens (tertiary/aromatic N) is 1. The molecule has 0 radical (unpaired) electrons. The van der Waals surface area contributed by atoms with Gasteiger partial charge in [0, 0.05) is 11.1 Å². The fourth-order valence-corrected chi connectivity index (χ4v) is 4.29. The van der Waals surface area contributed by atoms with E-state index >= 15 is 0 Å². The summed E-state index contributed by atoms with van der Waals surface area (Å²) in [5, 5.41) is 7.00. The van der Waals surface area contributed by atoms with Crippen molar-refractivity contribution in [2.75, 3.05) is 11.9 Å². The first kappa shape index (κ1) is 21.9. The highest BCUT2D eigenvalue weighted by Crippen LogP contribution is 2.34. The highest BCUT2D eigenvalue weighted by Gasteiger charge is 2.13. The molecule has 4 rings (SSSR count). The van der Waals surface area contributed by atoms with Crippen molar-refractivity contribution in [3.05, 3.63) is 78.4 Å². The van der Waals surface area contributed by atoms with Gasteiger partial charge in [-0.2, -0.15) is 0 Å². The maximum Gasteiger partial charge on any atom is 0.257 e. The van der Waals surface area contributed by atoms with Crippen LogP contribution in [0.4, 0.5) is 5.69 Å². The summed E-state index contributed by atoms with van der Waals surface area (Å²) < 4.78 is 6.83. The van der Waals surface area contributed by atoms with Crippen molar-refractivity contribution in [1.82, 2.24) is 10.3 Å². The van der Waals surface area contributed by atoms with Crippen LogP contribution in [0, 0.1) is 5.92 Å². The molecule has 162 valence electrons. The van der Waals surface area contributed by atoms with Crippen LogP contribution in [0.1, 0.15) is 24.2 Å². The molecule has 3 aromatic carbocycles. The van der Waals surface area contributed by atoms with Gasteiger partial charge in [0.1, 0.15) is 10.8 Å². The maximum atomic E-state index is 12.7. The van der Waals surface area contributed by atoms with Crippen LogP contribution in [0.5, 0.6) is 5.75 Å². The van der Waals surface area contributed by atoms with Gasteiger partial charge >= 0.3 is 0 Å². The lowest BCUT2D eigenvalue weighted by Crippen LogP contribution is -2.34. The average Bonchev–Trinajstić information content (AvgIpc) is 3.22. The lowest BCUT2D eigenvalue weighted by Gasteiger charge is -2.13. The molecular formula is C25H23N3O2S2. The molecule has 0 spiro atoms. The van der Waals surface area contributed by atoms with Crippen molar-refractivity contribution in [1.29, 1.82) is 0 Å². The molecule has 0 aliphatic carbocycles. The normalized spacial score (nSPS) is 10.8. The van der Waals surface area contributed by atoms with E-state index in [4.69, 9.17) is 21.9 Å². The maximum absolute atomic E-state index is 12.7. The number of anilines is 1. The van der Waals surface area contributed by atoms with Gasteiger partial charge in [0.2, 0.25) is 0 Å². The van der Waals surface area contributed by atoms with Crippen molar-refractivity contribution in [3.63, 3.8) is 0 Å². The Morgan fingerprint density at radius 1 is 1.06 bits per heavy atom. The molecule has 7 heteroatoms. The third kappa shape index (κ3) is 5.30. The zero-order valence-electron chi connectivity index (χ0n) is 17.8. The quantitative estimate of drug-likeness (QED) is 0.339. The molecule has 0 aliphatic heterocycles. The largest absolute Gasteiger partial charge is 0.493 e. The Morgan fingerprint density at radius 3 is 2.66 bits per heavy atom. The number of hydrogen-bond acceptors (Lipinski definition) is 5. The molecule has 5 nitrogen and oxygen atoms in total. The molecule has 0 unspecified atom stereocenters. The van der Waals surface area contributed by atoms with Crippen LogP contribution in [0.25, 0.3) is 20.8 Å². The SMILES string of the molecule is CC(C)COc1cccc(C(=O)NC(=S)Nc2ccccc2-c2nc3ccccc3s2)c1. The van der Waals surface area contributed by atoms with Crippen molar-refractivity contribution in [2.45, 2.75) is 13.8 Å². The topological polar surface area (TPSA) is 63.2 Å². The molecule has 2 N–H and O–H groups in total. The lowest BCUT2D eigenvalue weighted by atomic mass is 10.2. The summed E-state index contributed by atoms with van der Waals surface area (Å²) in [6, 6.07) is 22.9. The number of benzene rings is 3. The van der Waals surface area contributed by atoms with Crippen molar-refractivity contribution in [2.24, 2.45) is 5.92 Å². The smallest absolute Gasteiger partial charge is 0.257 e. The average molecular weight is 462 g/mol. The standard InChI is InChI=1S/C25H23N3O2S2/c1-16(2)15-30-18-9-7-8-17(14-18)23(29)28-25(31)27-20-11-4-3-10-19(20)24-26-21-12-5-6-13-22(21)32-24/h3-14,16H,15H2,1-2H3,(H2,27,28,29,31). The fraction of sp³-hybridized carbons (Fsp3) is 0.160. The van der Waals surface area contributed by atoms with Crippen LogP contribution in [0.2, 0.25) is 0 Å². The zero-order valence-corrected chi connectivity index (χ0v) is 19.4. The van der Waals surface area contributed by atoms with E-state index in [0.717, 1.165) is 26.5 Å². The number of carbonyl (C=O) groups excluding carboxylic acids is 1. The third-order valence-corrected chi connectivity index (χ3v) is 5.88. The number of fused-ring (bicyclic) bond motifs is 1.